The van der Waals surface area contributed by atoms with E-state index in [0.717, 1.165) is 29.1 Å². The Labute approximate surface area is 202 Å². The van der Waals surface area contributed by atoms with Crippen molar-refractivity contribution in [2.45, 2.75) is 64.6 Å². The maximum Gasteiger partial charge on any atom is 0.192 e. The molecule has 0 amide bonds. The summed E-state index contributed by atoms with van der Waals surface area (Å²) in [5.74, 6) is 3.99. The average molecular weight is 542 g/mol. The van der Waals surface area contributed by atoms with Crippen LogP contribution >= 0.6 is 24.0 Å². The van der Waals surface area contributed by atoms with Gasteiger partial charge in [-0.25, -0.2) is 4.99 Å². The maximum atomic E-state index is 6.07. The number of aromatic nitrogens is 3. The zero-order valence-corrected chi connectivity index (χ0v) is 21.3. The SMILES string of the molecule is COc1ccccc1OC(C)CNC(=NCc1nnc(C)n1C)NC1CCCCC1.I. The van der Waals surface area contributed by atoms with Crippen molar-refractivity contribution < 1.29 is 9.47 Å². The number of aliphatic imine (C=N–C) groups is 1. The molecule has 172 valence electrons. The molecule has 0 saturated heterocycles. The Morgan fingerprint density at radius 3 is 2.55 bits per heavy atom. The molecule has 0 aliphatic heterocycles. The van der Waals surface area contributed by atoms with Crippen molar-refractivity contribution in [3.05, 3.63) is 35.9 Å². The molecule has 1 heterocycles. The van der Waals surface area contributed by atoms with Gasteiger partial charge in [-0.3, -0.25) is 0 Å². The number of benzene rings is 1. The van der Waals surface area contributed by atoms with Gasteiger partial charge in [0.2, 0.25) is 0 Å². The number of nitrogens with zero attached hydrogens (tertiary/aromatic N) is 4. The molecule has 3 rings (SSSR count). The summed E-state index contributed by atoms with van der Waals surface area (Å²) in [4.78, 5) is 4.77. The van der Waals surface area contributed by atoms with Gasteiger partial charge >= 0.3 is 0 Å². The summed E-state index contributed by atoms with van der Waals surface area (Å²) in [5.41, 5.74) is 0. The number of hydrogen-bond donors (Lipinski definition) is 2. The molecule has 2 aromatic rings. The third-order valence-electron chi connectivity index (χ3n) is 5.46. The van der Waals surface area contributed by atoms with Crippen molar-refractivity contribution >= 4 is 29.9 Å². The number of ether oxygens (including phenoxy) is 2. The van der Waals surface area contributed by atoms with Crippen molar-refractivity contribution in [2.75, 3.05) is 13.7 Å². The van der Waals surface area contributed by atoms with E-state index in [9.17, 15) is 0 Å². The van der Waals surface area contributed by atoms with E-state index in [1.54, 1.807) is 7.11 Å². The Hall–Kier alpha value is -2.04. The van der Waals surface area contributed by atoms with Gasteiger partial charge in [0.25, 0.3) is 0 Å². The Morgan fingerprint density at radius 1 is 1.19 bits per heavy atom. The monoisotopic (exact) mass is 542 g/mol. The minimum atomic E-state index is -0.0586. The van der Waals surface area contributed by atoms with Crippen LogP contribution in [0.3, 0.4) is 0 Å². The van der Waals surface area contributed by atoms with Gasteiger partial charge in [0, 0.05) is 13.1 Å². The van der Waals surface area contributed by atoms with Crippen LogP contribution < -0.4 is 20.1 Å². The Kier molecular flexibility index (Phi) is 10.4. The molecule has 0 bridgehead atoms. The van der Waals surface area contributed by atoms with Crippen molar-refractivity contribution in [2.24, 2.45) is 12.0 Å². The maximum absolute atomic E-state index is 6.07. The minimum Gasteiger partial charge on any atom is -0.493 e. The van der Waals surface area contributed by atoms with E-state index in [4.69, 9.17) is 14.5 Å². The fourth-order valence-corrected chi connectivity index (χ4v) is 3.55. The molecule has 1 fully saturated rings. The molecule has 9 heteroatoms. The van der Waals surface area contributed by atoms with Gasteiger partial charge in [-0.2, -0.15) is 0 Å². The molecule has 1 unspecified atom stereocenters. The van der Waals surface area contributed by atoms with E-state index >= 15 is 0 Å². The molecule has 2 N–H and O–H groups in total. The zero-order valence-electron chi connectivity index (χ0n) is 18.9. The first-order valence-electron chi connectivity index (χ1n) is 10.8. The summed E-state index contributed by atoms with van der Waals surface area (Å²) < 4.78 is 13.4. The molecular formula is C22H35IN6O2. The Morgan fingerprint density at radius 2 is 1.90 bits per heavy atom. The van der Waals surface area contributed by atoms with Gasteiger partial charge in [-0.15, -0.1) is 34.2 Å². The number of halogens is 1. The van der Waals surface area contributed by atoms with E-state index in [1.807, 2.05) is 49.7 Å². The normalized spacial score (nSPS) is 15.7. The average Bonchev–Trinajstić information content (AvgIpc) is 3.09. The number of methoxy groups -OCH3 is 1. The molecule has 0 radical (unpaired) electrons. The Bertz CT molecular complexity index is 835. The molecule has 1 aliphatic carbocycles. The lowest BCUT2D eigenvalue weighted by molar-refractivity contribution is 0.213. The lowest BCUT2D eigenvalue weighted by Gasteiger charge is -2.26. The second kappa shape index (κ2) is 12.7. The Balaban J connectivity index is 0.00000341. The fourth-order valence-electron chi connectivity index (χ4n) is 3.55. The zero-order chi connectivity index (χ0) is 21.3. The van der Waals surface area contributed by atoms with E-state index < -0.39 is 0 Å². The molecular weight excluding hydrogens is 507 g/mol. The van der Waals surface area contributed by atoms with Crippen LogP contribution in [0.1, 0.15) is 50.7 Å². The van der Waals surface area contributed by atoms with Crippen molar-refractivity contribution in [3.63, 3.8) is 0 Å². The summed E-state index contributed by atoms with van der Waals surface area (Å²) in [5, 5.41) is 15.4. The highest BCUT2D eigenvalue weighted by atomic mass is 127. The van der Waals surface area contributed by atoms with Gasteiger partial charge in [0.1, 0.15) is 18.5 Å². The van der Waals surface area contributed by atoms with E-state index in [1.165, 1.54) is 32.1 Å². The summed E-state index contributed by atoms with van der Waals surface area (Å²) >= 11 is 0. The minimum absolute atomic E-state index is 0. The van der Waals surface area contributed by atoms with Gasteiger partial charge in [-0.05, 0) is 38.8 Å². The second-order valence-electron chi connectivity index (χ2n) is 7.83. The van der Waals surface area contributed by atoms with Gasteiger partial charge in [0.15, 0.2) is 23.3 Å². The van der Waals surface area contributed by atoms with Crippen LogP contribution in [0.4, 0.5) is 0 Å². The van der Waals surface area contributed by atoms with Crippen molar-refractivity contribution in [1.82, 2.24) is 25.4 Å². The lowest BCUT2D eigenvalue weighted by atomic mass is 9.96. The van der Waals surface area contributed by atoms with Crippen LogP contribution in [-0.4, -0.2) is 46.5 Å². The number of nitrogens with one attached hydrogen (secondary N) is 2. The molecule has 8 nitrogen and oxygen atoms in total. The van der Waals surface area contributed by atoms with Crippen LogP contribution in [0.2, 0.25) is 0 Å². The van der Waals surface area contributed by atoms with Crippen LogP contribution in [0.15, 0.2) is 29.3 Å². The third-order valence-corrected chi connectivity index (χ3v) is 5.46. The summed E-state index contributed by atoms with van der Waals surface area (Å²) in [7, 11) is 3.61. The summed E-state index contributed by atoms with van der Waals surface area (Å²) in [6.45, 7) is 5.07. The predicted molar refractivity (Wildman–Crippen MR) is 133 cm³/mol. The van der Waals surface area contributed by atoms with Gasteiger partial charge in [-0.1, -0.05) is 31.4 Å². The van der Waals surface area contributed by atoms with Crippen LogP contribution in [0.5, 0.6) is 11.5 Å². The fraction of sp³-hybridized carbons (Fsp3) is 0.591. The molecule has 1 aromatic carbocycles. The standard InChI is InChI=1S/C22H34N6O2.HI/c1-16(30-20-13-9-8-12-19(20)29-4)14-23-22(25-18-10-6-5-7-11-18)24-15-21-27-26-17(2)28(21)3;/h8-9,12-13,16,18H,5-7,10-11,14-15H2,1-4H3,(H2,23,24,25);1H. The van der Waals surface area contributed by atoms with Gasteiger partial charge < -0.3 is 24.7 Å². The molecule has 1 aliphatic rings. The molecule has 1 aromatic heterocycles. The molecule has 1 atom stereocenters. The number of rotatable bonds is 8. The van der Waals surface area contributed by atoms with Crippen molar-refractivity contribution in [3.8, 4) is 11.5 Å². The third kappa shape index (κ3) is 7.55. The highest BCUT2D eigenvalue weighted by Gasteiger charge is 2.16. The smallest absolute Gasteiger partial charge is 0.192 e. The van der Waals surface area contributed by atoms with E-state index in [0.29, 0.717) is 19.1 Å². The highest BCUT2D eigenvalue weighted by molar-refractivity contribution is 14.0. The van der Waals surface area contributed by atoms with Crippen LogP contribution in [-0.2, 0) is 13.6 Å². The van der Waals surface area contributed by atoms with Gasteiger partial charge in [0.05, 0.1) is 13.7 Å². The summed E-state index contributed by atoms with van der Waals surface area (Å²) in [6.07, 6.45) is 6.15. The first-order chi connectivity index (χ1) is 14.6. The quantitative estimate of drug-likeness (QED) is 0.302. The first-order valence-corrected chi connectivity index (χ1v) is 10.8. The van der Waals surface area contributed by atoms with Crippen molar-refractivity contribution in [1.29, 1.82) is 0 Å². The first kappa shape index (κ1) is 25.2. The lowest BCUT2D eigenvalue weighted by Crippen LogP contribution is -2.46. The number of para-hydroxylation sites is 2. The largest absolute Gasteiger partial charge is 0.493 e. The molecule has 0 spiro atoms. The summed E-state index contributed by atoms with van der Waals surface area (Å²) in [6, 6.07) is 8.15. The number of aryl methyl sites for hydroxylation is 1. The number of hydrogen-bond acceptors (Lipinski definition) is 5. The van der Waals surface area contributed by atoms with Crippen LogP contribution in [0.25, 0.3) is 0 Å². The van der Waals surface area contributed by atoms with Crippen LogP contribution in [0, 0.1) is 6.92 Å². The van der Waals surface area contributed by atoms with E-state index in [-0.39, 0.29) is 30.1 Å². The topological polar surface area (TPSA) is 85.6 Å². The van der Waals surface area contributed by atoms with E-state index in [2.05, 4.69) is 20.8 Å². The number of guanidine groups is 1. The molecule has 1 saturated carbocycles. The highest BCUT2D eigenvalue weighted by Crippen LogP contribution is 2.26. The molecule has 31 heavy (non-hydrogen) atoms. The second-order valence-corrected chi connectivity index (χ2v) is 7.83. The predicted octanol–water partition coefficient (Wildman–Crippen LogP) is 3.59.